The summed E-state index contributed by atoms with van der Waals surface area (Å²) >= 11 is 0. The van der Waals surface area contributed by atoms with Crippen LogP contribution in [0.4, 0.5) is 0 Å². The molecule has 21 heavy (non-hydrogen) atoms. The number of rotatable bonds is 1. The predicted octanol–water partition coefficient (Wildman–Crippen LogP) is 0.0965. The van der Waals surface area contributed by atoms with Crippen LogP contribution < -0.4 is 0 Å². The third-order valence-corrected chi connectivity index (χ3v) is 5.21. The fourth-order valence-corrected chi connectivity index (χ4v) is 3.85. The molecule has 1 aliphatic carbocycles. The third kappa shape index (κ3) is 1.75. The van der Waals surface area contributed by atoms with Crippen LogP contribution in [0, 0.1) is 5.92 Å². The van der Waals surface area contributed by atoms with Crippen LogP contribution in [-0.4, -0.2) is 63.6 Å². The van der Waals surface area contributed by atoms with Crippen molar-refractivity contribution in [3.05, 3.63) is 24.0 Å². The molecule has 3 heterocycles. The van der Waals surface area contributed by atoms with Gasteiger partial charge in [0, 0.05) is 32.3 Å². The monoisotopic (exact) mass is 289 g/mol. The second kappa shape index (κ2) is 4.34. The number of aliphatic hydroxyl groups is 1. The number of hydrogen-bond acceptors (Lipinski definition) is 3. The molecule has 6 nitrogen and oxygen atoms in total. The lowest BCUT2D eigenvalue weighted by molar-refractivity contribution is -0.141. The molecule has 4 rings (SSSR count). The number of hydrogen-bond donors (Lipinski definition) is 1. The molecule has 112 valence electrons. The Labute approximate surface area is 122 Å². The fourth-order valence-electron chi connectivity index (χ4n) is 3.85. The van der Waals surface area contributed by atoms with E-state index in [2.05, 4.69) is 0 Å². The van der Waals surface area contributed by atoms with Crippen molar-refractivity contribution in [3.8, 4) is 0 Å². The number of likely N-dealkylation sites (N-methyl/N-ethyl adjacent to an activating group) is 1. The first kappa shape index (κ1) is 12.9. The average Bonchev–Trinajstić information content (AvgIpc) is 3.06. The number of carbonyl (C=O) groups is 2. The highest BCUT2D eigenvalue weighted by molar-refractivity contribution is 5.94. The van der Waals surface area contributed by atoms with Crippen molar-refractivity contribution in [1.29, 1.82) is 0 Å². The molecule has 2 aliphatic heterocycles. The Morgan fingerprint density at radius 1 is 1.29 bits per heavy atom. The molecule has 3 aliphatic rings. The average molecular weight is 289 g/mol. The number of amides is 2. The summed E-state index contributed by atoms with van der Waals surface area (Å²) in [6, 6.07) is 3.91. The number of carbonyl (C=O) groups excluding carboxylic acids is 2. The van der Waals surface area contributed by atoms with Gasteiger partial charge in [-0.2, -0.15) is 0 Å². The van der Waals surface area contributed by atoms with Crippen molar-refractivity contribution >= 4 is 11.8 Å². The lowest BCUT2D eigenvalue weighted by atomic mass is 9.81. The standard InChI is InChI=1S/C15H19N3O3/c1-16-12-7-17(14(20)9-5-10(19)6-9)8-13(12)18-4-2-3-11(18)15(16)21/h2-4,9-10,12-13,19H,5-8H2,1H3/t9?,10?,12-,13-/m1/s1. The summed E-state index contributed by atoms with van der Waals surface area (Å²) in [5.74, 6) is 0.115. The van der Waals surface area contributed by atoms with Gasteiger partial charge in [-0.1, -0.05) is 0 Å². The Morgan fingerprint density at radius 3 is 2.71 bits per heavy atom. The topological polar surface area (TPSA) is 65.8 Å². The van der Waals surface area contributed by atoms with Crippen LogP contribution in [0.15, 0.2) is 18.3 Å². The molecule has 1 aromatic heterocycles. The zero-order chi connectivity index (χ0) is 14.7. The summed E-state index contributed by atoms with van der Waals surface area (Å²) in [5.41, 5.74) is 0.701. The Morgan fingerprint density at radius 2 is 2.00 bits per heavy atom. The maximum absolute atomic E-state index is 12.5. The Balaban J connectivity index is 1.58. The van der Waals surface area contributed by atoms with E-state index in [0.29, 0.717) is 31.6 Å². The van der Waals surface area contributed by atoms with Crippen LogP contribution in [0.5, 0.6) is 0 Å². The van der Waals surface area contributed by atoms with Gasteiger partial charge < -0.3 is 19.5 Å². The minimum Gasteiger partial charge on any atom is -0.393 e. The van der Waals surface area contributed by atoms with Crippen molar-refractivity contribution in [3.63, 3.8) is 0 Å². The number of nitrogens with zero attached hydrogens (tertiary/aromatic N) is 3. The van der Waals surface area contributed by atoms with Crippen LogP contribution in [-0.2, 0) is 4.79 Å². The number of fused-ring (bicyclic) bond motifs is 3. The van der Waals surface area contributed by atoms with Gasteiger partial charge in [-0.05, 0) is 25.0 Å². The lowest BCUT2D eigenvalue weighted by Crippen LogP contribution is -2.48. The van der Waals surface area contributed by atoms with Crippen LogP contribution in [0.25, 0.3) is 0 Å². The van der Waals surface area contributed by atoms with E-state index in [1.165, 1.54) is 0 Å². The van der Waals surface area contributed by atoms with E-state index in [0.717, 1.165) is 0 Å². The summed E-state index contributed by atoms with van der Waals surface area (Å²) in [5, 5.41) is 9.37. The quantitative estimate of drug-likeness (QED) is 0.797. The van der Waals surface area contributed by atoms with Crippen molar-refractivity contribution in [1.82, 2.24) is 14.4 Å². The van der Waals surface area contributed by atoms with E-state index in [-0.39, 0.29) is 35.9 Å². The van der Waals surface area contributed by atoms with Crippen LogP contribution in [0.3, 0.4) is 0 Å². The summed E-state index contributed by atoms with van der Waals surface area (Å²) in [7, 11) is 1.82. The highest BCUT2D eigenvalue weighted by Crippen LogP contribution is 2.36. The van der Waals surface area contributed by atoms with Crippen LogP contribution in [0.2, 0.25) is 0 Å². The summed E-state index contributed by atoms with van der Waals surface area (Å²) in [6.07, 6.45) is 2.77. The van der Waals surface area contributed by atoms with Crippen molar-refractivity contribution in [2.75, 3.05) is 20.1 Å². The van der Waals surface area contributed by atoms with E-state index < -0.39 is 0 Å². The molecule has 1 aromatic rings. The number of aromatic nitrogens is 1. The molecule has 2 amide bonds. The molecule has 1 saturated heterocycles. The molecular weight excluding hydrogens is 270 g/mol. The van der Waals surface area contributed by atoms with Crippen LogP contribution in [0.1, 0.15) is 29.4 Å². The molecule has 2 atom stereocenters. The molecule has 0 unspecified atom stereocenters. The molecule has 2 fully saturated rings. The number of likely N-dealkylation sites (tertiary alicyclic amines) is 1. The molecule has 1 N–H and O–H groups in total. The van der Waals surface area contributed by atoms with Gasteiger partial charge in [0.15, 0.2) is 0 Å². The molecular formula is C15H19N3O3. The smallest absolute Gasteiger partial charge is 0.270 e. The summed E-state index contributed by atoms with van der Waals surface area (Å²) in [6.45, 7) is 1.24. The van der Waals surface area contributed by atoms with Crippen LogP contribution >= 0.6 is 0 Å². The Hall–Kier alpha value is -1.82. The Bertz CT molecular complexity index is 605. The maximum Gasteiger partial charge on any atom is 0.270 e. The highest BCUT2D eigenvalue weighted by atomic mass is 16.3. The normalized spacial score (nSPS) is 34.5. The second-order valence-corrected chi connectivity index (χ2v) is 6.42. The maximum atomic E-state index is 12.5. The van der Waals surface area contributed by atoms with E-state index in [1.807, 2.05) is 34.8 Å². The van der Waals surface area contributed by atoms with Crippen molar-refractivity contribution in [2.45, 2.75) is 31.0 Å². The van der Waals surface area contributed by atoms with Crippen molar-refractivity contribution in [2.24, 2.45) is 5.92 Å². The first-order valence-corrected chi connectivity index (χ1v) is 7.47. The first-order chi connectivity index (χ1) is 10.1. The van der Waals surface area contributed by atoms with Gasteiger partial charge in [0.1, 0.15) is 5.69 Å². The fraction of sp³-hybridized carbons (Fsp3) is 0.600. The molecule has 0 radical (unpaired) electrons. The van der Waals surface area contributed by atoms with Gasteiger partial charge in [-0.25, -0.2) is 0 Å². The zero-order valence-electron chi connectivity index (χ0n) is 12.0. The summed E-state index contributed by atoms with van der Waals surface area (Å²) < 4.78 is 2.01. The van der Waals surface area contributed by atoms with Gasteiger partial charge >= 0.3 is 0 Å². The van der Waals surface area contributed by atoms with E-state index in [1.54, 1.807) is 4.90 Å². The van der Waals surface area contributed by atoms with Gasteiger partial charge in [0.05, 0.1) is 18.2 Å². The van der Waals surface area contributed by atoms with Gasteiger partial charge in [0.2, 0.25) is 5.91 Å². The van der Waals surface area contributed by atoms with Gasteiger partial charge in [-0.15, -0.1) is 0 Å². The first-order valence-electron chi connectivity index (χ1n) is 7.47. The third-order valence-electron chi connectivity index (χ3n) is 5.21. The molecule has 1 saturated carbocycles. The summed E-state index contributed by atoms with van der Waals surface area (Å²) in [4.78, 5) is 28.4. The lowest BCUT2D eigenvalue weighted by Gasteiger charge is -2.35. The van der Waals surface area contributed by atoms with E-state index >= 15 is 0 Å². The van der Waals surface area contributed by atoms with Gasteiger partial charge in [0.25, 0.3) is 5.91 Å². The SMILES string of the molecule is CN1C(=O)c2cccn2[C@@H]2CN(C(=O)C3CC(O)C3)C[C@H]21. The minimum atomic E-state index is -0.316. The largest absolute Gasteiger partial charge is 0.393 e. The predicted molar refractivity (Wildman–Crippen MR) is 74.7 cm³/mol. The highest BCUT2D eigenvalue weighted by Gasteiger charge is 2.47. The number of aliphatic hydroxyl groups excluding tert-OH is 1. The van der Waals surface area contributed by atoms with E-state index in [4.69, 9.17) is 0 Å². The minimum absolute atomic E-state index is 0.0228. The second-order valence-electron chi connectivity index (χ2n) is 6.42. The van der Waals surface area contributed by atoms with Gasteiger partial charge in [-0.3, -0.25) is 9.59 Å². The van der Waals surface area contributed by atoms with Crippen molar-refractivity contribution < 1.29 is 14.7 Å². The molecule has 6 heteroatoms. The zero-order valence-corrected chi connectivity index (χ0v) is 12.0. The Kier molecular flexibility index (Phi) is 2.66. The molecule has 0 aromatic carbocycles. The molecule has 0 spiro atoms. The molecule has 0 bridgehead atoms. The van der Waals surface area contributed by atoms with E-state index in [9.17, 15) is 14.7 Å².